The zero-order chi connectivity index (χ0) is 15.8. The van der Waals surface area contributed by atoms with Crippen LogP contribution < -0.4 is 9.47 Å². The van der Waals surface area contributed by atoms with Crippen LogP contribution >= 0.6 is 0 Å². The fourth-order valence-electron chi connectivity index (χ4n) is 1.61. The Morgan fingerprint density at radius 1 is 1.32 bits per heavy atom. The molecule has 8 nitrogen and oxygen atoms in total. The predicted molar refractivity (Wildman–Crippen MR) is 78.1 cm³/mol. The molecule has 22 heavy (non-hydrogen) atoms. The Morgan fingerprint density at radius 3 is 2.77 bits per heavy atom. The minimum atomic E-state index is -0.428. The molecule has 2 aromatic rings. The molecule has 116 valence electrons. The van der Waals surface area contributed by atoms with Crippen molar-refractivity contribution in [3.63, 3.8) is 0 Å². The van der Waals surface area contributed by atoms with Gasteiger partial charge in [0.2, 0.25) is 0 Å². The normalized spacial score (nSPS) is 10.6. The van der Waals surface area contributed by atoms with E-state index in [-0.39, 0.29) is 6.61 Å². The molecule has 0 atom stereocenters. The van der Waals surface area contributed by atoms with Gasteiger partial charge in [0.1, 0.15) is 12.7 Å². The maximum absolute atomic E-state index is 11.3. The number of ether oxygens (including phenoxy) is 3. The van der Waals surface area contributed by atoms with Crippen molar-refractivity contribution in [1.29, 1.82) is 0 Å². The van der Waals surface area contributed by atoms with Crippen LogP contribution in [0.15, 0.2) is 36.0 Å². The maximum Gasteiger partial charge on any atom is 0.344 e. The molecule has 0 aliphatic rings. The number of carbonyl (C=O) groups is 1. The second-order valence-electron chi connectivity index (χ2n) is 4.09. The molecule has 8 heteroatoms. The molecule has 0 aliphatic carbocycles. The minimum Gasteiger partial charge on any atom is -0.493 e. The number of esters is 1. The Morgan fingerprint density at radius 2 is 2.09 bits per heavy atom. The quantitative estimate of drug-likeness (QED) is 0.562. The van der Waals surface area contributed by atoms with E-state index in [0.717, 1.165) is 5.56 Å². The van der Waals surface area contributed by atoms with Crippen LogP contribution in [0.2, 0.25) is 0 Å². The van der Waals surface area contributed by atoms with Crippen LogP contribution in [-0.4, -0.2) is 47.4 Å². The van der Waals surface area contributed by atoms with Gasteiger partial charge in [-0.2, -0.15) is 5.10 Å². The lowest BCUT2D eigenvalue weighted by atomic mass is 10.2. The molecule has 0 amide bonds. The van der Waals surface area contributed by atoms with E-state index in [0.29, 0.717) is 18.1 Å². The van der Waals surface area contributed by atoms with E-state index in [2.05, 4.69) is 15.3 Å². The van der Waals surface area contributed by atoms with Gasteiger partial charge in [-0.3, -0.25) is 0 Å². The summed E-state index contributed by atoms with van der Waals surface area (Å²) < 4.78 is 16.9. The molecule has 0 radical (unpaired) electrons. The number of nitrogens with zero attached hydrogens (tertiary/aromatic N) is 4. The Labute approximate surface area is 127 Å². The summed E-state index contributed by atoms with van der Waals surface area (Å²) in [7, 11) is 1.52. The molecule has 0 fully saturated rings. The SMILES string of the molecule is CCOC(=O)COc1ccc(/C=N\n2cnnc2)cc1OC. The minimum absolute atomic E-state index is 0.168. The van der Waals surface area contributed by atoms with Crippen LogP contribution in [0.4, 0.5) is 0 Å². The largest absolute Gasteiger partial charge is 0.493 e. The van der Waals surface area contributed by atoms with Gasteiger partial charge in [0.15, 0.2) is 18.1 Å². The van der Waals surface area contributed by atoms with E-state index in [1.807, 2.05) is 0 Å². The Kier molecular flexibility index (Phi) is 5.47. The molecule has 0 saturated heterocycles. The smallest absolute Gasteiger partial charge is 0.344 e. The Hall–Kier alpha value is -2.90. The van der Waals surface area contributed by atoms with Crippen molar-refractivity contribution in [2.24, 2.45) is 5.10 Å². The van der Waals surface area contributed by atoms with Crippen LogP contribution in [0.3, 0.4) is 0 Å². The van der Waals surface area contributed by atoms with Crippen molar-refractivity contribution in [3.05, 3.63) is 36.4 Å². The monoisotopic (exact) mass is 304 g/mol. The molecule has 0 spiro atoms. The summed E-state index contributed by atoms with van der Waals surface area (Å²) in [5.74, 6) is 0.525. The average molecular weight is 304 g/mol. The van der Waals surface area contributed by atoms with Crippen LogP contribution in [-0.2, 0) is 9.53 Å². The summed E-state index contributed by atoms with van der Waals surface area (Å²) in [5.41, 5.74) is 0.800. The van der Waals surface area contributed by atoms with E-state index >= 15 is 0 Å². The van der Waals surface area contributed by atoms with Crippen LogP contribution in [0, 0.1) is 0 Å². The fourth-order valence-corrected chi connectivity index (χ4v) is 1.61. The van der Waals surface area contributed by atoms with E-state index in [1.54, 1.807) is 31.3 Å². The number of carbonyl (C=O) groups excluding carboxylic acids is 1. The van der Waals surface area contributed by atoms with E-state index in [4.69, 9.17) is 14.2 Å². The van der Waals surface area contributed by atoms with Gasteiger partial charge in [-0.15, -0.1) is 10.2 Å². The highest BCUT2D eigenvalue weighted by Gasteiger charge is 2.08. The number of benzene rings is 1. The lowest BCUT2D eigenvalue weighted by Crippen LogP contribution is -2.14. The molecular formula is C14H16N4O4. The van der Waals surface area contributed by atoms with E-state index in [1.165, 1.54) is 24.4 Å². The summed E-state index contributed by atoms with van der Waals surface area (Å²) in [6, 6.07) is 5.23. The van der Waals surface area contributed by atoms with Crippen molar-refractivity contribution in [2.75, 3.05) is 20.3 Å². The van der Waals surface area contributed by atoms with Crippen molar-refractivity contribution >= 4 is 12.2 Å². The number of aromatic nitrogens is 3. The Bertz CT molecular complexity index is 640. The maximum atomic E-state index is 11.3. The highest BCUT2D eigenvalue weighted by Crippen LogP contribution is 2.27. The zero-order valence-corrected chi connectivity index (χ0v) is 12.3. The number of methoxy groups -OCH3 is 1. The van der Waals surface area contributed by atoms with Crippen molar-refractivity contribution in [1.82, 2.24) is 14.9 Å². The first-order chi connectivity index (χ1) is 10.7. The molecule has 1 aromatic carbocycles. The van der Waals surface area contributed by atoms with Gasteiger partial charge in [0, 0.05) is 0 Å². The third-order valence-electron chi connectivity index (χ3n) is 2.59. The highest BCUT2D eigenvalue weighted by atomic mass is 16.6. The predicted octanol–water partition coefficient (Wildman–Crippen LogP) is 1.11. The molecule has 0 aliphatic heterocycles. The lowest BCUT2D eigenvalue weighted by Gasteiger charge is -2.10. The van der Waals surface area contributed by atoms with Gasteiger partial charge in [-0.05, 0) is 30.7 Å². The summed E-state index contributed by atoms with van der Waals surface area (Å²) in [5, 5.41) is 11.4. The number of hydrogen-bond donors (Lipinski definition) is 0. The molecule has 0 saturated carbocycles. The first-order valence-electron chi connectivity index (χ1n) is 6.58. The van der Waals surface area contributed by atoms with Gasteiger partial charge in [0.05, 0.1) is 19.9 Å². The van der Waals surface area contributed by atoms with Gasteiger partial charge in [0.25, 0.3) is 0 Å². The summed E-state index contributed by atoms with van der Waals surface area (Å²) in [4.78, 5) is 11.3. The highest BCUT2D eigenvalue weighted by molar-refractivity contribution is 5.81. The van der Waals surface area contributed by atoms with E-state index in [9.17, 15) is 4.79 Å². The molecule has 0 N–H and O–H groups in total. The molecular weight excluding hydrogens is 288 g/mol. The molecule has 1 aromatic heterocycles. The summed E-state index contributed by atoms with van der Waals surface area (Å²) >= 11 is 0. The van der Waals surface area contributed by atoms with Crippen molar-refractivity contribution in [2.45, 2.75) is 6.92 Å². The zero-order valence-electron chi connectivity index (χ0n) is 12.3. The standard InChI is InChI=1S/C14H16N4O4/c1-3-21-14(19)8-22-12-5-4-11(6-13(12)20-2)7-17-18-9-15-16-10-18/h4-7,9-10H,3,8H2,1-2H3/b17-7-. The fraction of sp³-hybridized carbons (Fsp3) is 0.286. The first-order valence-corrected chi connectivity index (χ1v) is 6.58. The average Bonchev–Trinajstić information content (AvgIpc) is 3.05. The van der Waals surface area contributed by atoms with E-state index < -0.39 is 5.97 Å². The van der Waals surface area contributed by atoms with Gasteiger partial charge >= 0.3 is 5.97 Å². The molecule has 0 unspecified atom stereocenters. The third kappa shape index (κ3) is 4.30. The molecule has 0 bridgehead atoms. The van der Waals surface area contributed by atoms with Crippen LogP contribution in [0.25, 0.3) is 0 Å². The second kappa shape index (κ2) is 7.77. The van der Waals surface area contributed by atoms with Gasteiger partial charge in [-0.25, -0.2) is 9.47 Å². The molecule has 1 heterocycles. The lowest BCUT2D eigenvalue weighted by molar-refractivity contribution is -0.145. The van der Waals surface area contributed by atoms with Gasteiger partial charge in [-0.1, -0.05) is 0 Å². The topological polar surface area (TPSA) is 87.8 Å². The van der Waals surface area contributed by atoms with Crippen LogP contribution in [0.5, 0.6) is 11.5 Å². The summed E-state index contributed by atoms with van der Waals surface area (Å²) in [6.45, 7) is 1.89. The number of hydrogen-bond acceptors (Lipinski definition) is 7. The Balaban J connectivity index is 2.05. The third-order valence-corrected chi connectivity index (χ3v) is 2.59. The van der Waals surface area contributed by atoms with Gasteiger partial charge < -0.3 is 14.2 Å². The van der Waals surface area contributed by atoms with Crippen molar-refractivity contribution < 1.29 is 19.0 Å². The second-order valence-corrected chi connectivity index (χ2v) is 4.09. The molecule has 2 rings (SSSR count). The summed E-state index contributed by atoms with van der Waals surface area (Å²) in [6.07, 6.45) is 4.58. The first kappa shape index (κ1) is 15.5. The van der Waals surface area contributed by atoms with Crippen LogP contribution in [0.1, 0.15) is 12.5 Å². The van der Waals surface area contributed by atoms with Crippen molar-refractivity contribution in [3.8, 4) is 11.5 Å². The number of rotatable bonds is 7.